The van der Waals surface area contributed by atoms with Crippen molar-refractivity contribution < 1.29 is 14.7 Å². The maximum absolute atomic E-state index is 10.5. The molecule has 0 amide bonds. The first-order valence-electron chi connectivity index (χ1n) is 4.57. The van der Waals surface area contributed by atoms with Crippen LogP contribution in [0.3, 0.4) is 0 Å². The first kappa shape index (κ1) is 10.6. The second kappa shape index (κ2) is 4.28. The highest BCUT2D eigenvalue weighted by Crippen LogP contribution is 2.27. The number of carboxylic acids is 1. The molecule has 80 valence electrons. The minimum absolute atomic E-state index is 0.149. The summed E-state index contributed by atoms with van der Waals surface area (Å²) in [5.41, 5.74) is 1.04. The lowest BCUT2D eigenvalue weighted by atomic mass is 10.1. The average molecular weight is 231 g/mol. The molecule has 1 aromatic carbocycles. The van der Waals surface area contributed by atoms with Crippen LogP contribution in [0, 0.1) is 0 Å². The van der Waals surface area contributed by atoms with Crippen molar-refractivity contribution in [2.24, 2.45) is 0 Å². The molecule has 0 spiro atoms. The molecule has 16 heavy (non-hydrogen) atoms. The molecule has 1 aromatic heterocycles. The summed E-state index contributed by atoms with van der Waals surface area (Å²) >= 11 is 1.37. The van der Waals surface area contributed by atoms with Gasteiger partial charge in [-0.3, -0.25) is 4.79 Å². The smallest absolute Gasteiger partial charge is 0.160 e. The predicted molar refractivity (Wildman–Crippen MR) is 59.5 cm³/mol. The van der Waals surface area contributed by atoms with Gasteiger partial charge in [0.2, 0.25) is 0 Å². The van der Waals surface area contributed by atoms with Gasteiger partial charge in [-0.25, -0.2) is 0 Å². The van der Waals surface area contributed by atoms with Crippen molar-refractivity contribution in [3.05, 3.63) is 46.8 Å². The molecule has 0 bridgehead atoms. The average Bonchev–Trinajstić information content (AvgIpc) is 2.77. The number of hydrogen-bond donors (Lipinski definition) is 0. The van der Waals surface area contributed by atoms with E-state index in [-0.39, 0.29) is 5.56 Å². The van der Waals surface area contributed by atoms with Crippen LogP contribution in [0.1, 0.15) is 20.0 Å². The van der Waals surface area contributed by atoms with E-state index in [1.54, 1.807) is 18.2 Å². The van der Waals surface area contributed by atoms with Gasteiger partial charge in [0.25, 0.3) is 0 Å². The summed E-state index contributed by atoms with van der Waals surface area (Å²) in [6.45, 7) is 0. The number of hydrogen-bond acceptors (Lipinski definition) is 4. The van der Waals surface area contributed by atoms with E-state index in [9.17, 15) is 14.7 Å². The van der Waals surface area contributed by atoms with E-state index in [0.717, 1.165) is 16.7 Å². The fraction of sp³-hybridized carbons (Fsp3) is 0. The molecule has 4 heteroatoms. The van der Waals surface area contributed by atoms with Gasteiger partial charge in [0, 0.05) is 4.88 Å². The van der Waals surface area contributed by atoms with Crippen molar-refractivity contribution in [1.29, 1.82) is 0 Å². The number of rotatable bonds is 3. The molecule has 0 unspecified atom stereocenters. The zero-order valence-electron chi connectivity index (χ0n) is 8.17. The van der Waals surface area contributed by atoms with Gasteiger partial charge in [-0.2, -0.15) is 0 Å². The molecule has 0 atom stereocenters. The lowest BCUT2D eigenvalue weighted by Gasteiger charge is -2.02. The molecule has 0 N–H and O–H groups in total. The van der Waals surface area contributed by atoms with Crippen molar-refractivity contribution in [2.45, 2.75) is 0 Å². The van der Waals surface area contributed by atoms with Gasteiger partial charge >= 0.3 is 0 Å². The third-order valence-electron chi connectivity index (χ3n) is 2.15. The summed E-state index contributed by atoms with van der Waals surface area (Å²) in [6.07, 6.45) is 0.795. The van der Waals surface area contributed by atoms with E-state index in [1.807, 2.05) is 6.07 Å². The van der Waals surface area contributed by atoms with E-state index in [2.05, 4.69) is 0 Å². The van der Waals surface area contributed by atoms with Gasteiger partial charge in [0.15, 0.2) is 6.29 Å². The molecule has 0 aliphatic heterocycles. The predicted octanol–water partition coefficient (Wildman–Crippen LogP) is 1.59. The molecule has 0 aliphatic carbocycles. The summed E-state index contributed by atoms with van der Waals surface area (Å²) in [4.78, 5) is 22.7. The van der Waals surface area contributed by atoms with E-state index in [4.69, 9.17) is 0 Å². The van der Waals surface area contributed by atoms with Crippen LogP contribution in [-0.2, 0) is 0 Å². The molecule has 0 saturated carbocycles. The number of carbonyl (C=O) groups excluding carboxylic acids is 2. The Balaban J connectivity index is 2.34. The highest BCUT2D eigenvalue weighted by atomic mass is 32.1. The van der Waals surface area contributed by atoms with E-state index in [0.29, 0.717) is 4.88 Å². The number of aldehydes is 1. The maximum atomic E-state index is 10.5. The van der Waals surface area contributed by atoms with Crippen LogP contribution in [0.2, 0.25) is 0 Å². The number of carbonyl (C=O) groups is 2. The molecule has 0 radical (unpaired) electrons. The summed E-state index contributed by atoms with van der Waals surface area (Å²) in [7, 11) is 0. The molecule has 2 aromatic rings. The van der Waals surface area contributed by atoms with Crippen LogP contribution in [0.25, 0.3) is 10.4 Å². The van der Waals surface area contributed by atoms with E-state index < -0.39 is 5.97 Å². The van der Waals surface area contributed by atoms with E-state index >= 15 is 0 Å². The highest BCUT2D eigenvalue weighted by Gasteiger charge is 2.02. The Bertz CT molecular complexity index is 525. The van der Waals surface area contributed by atoms with Gasteiger partial charge in [-0.05, 0) is 23.3 Å². The lowest BCUT2D eigenvalue weighted by molar-refractivity contribution is -0.255. The normalized spacial score (nSPS) is 10.0. The van der Waals surface area contributed by atoms with Crippen molar-refractivity contribution in [3.63, 3.8) is 0 Å². The van der Waals surface area contributed by atoms with Gasteiger partial charge in [-0.15, -0.1) is 11.3 Å². The molecule has 3 nitrogen and oxygen atoms in total. The molecular weight excluding hydrogens is 224 g/mol. The van der Waals surface area contributed by atoms with Crippen LogP contribution in [0.15, 0.2) is 36.4 Å². The third-order valence-corrected chi connectivity index (χ3v) is 3.21. The zero-order valence-corrected chi connectivity index (χ0v) is 8.99. The monoisotopic (exact) mass is 231 g/mol. The number of benzene rings is 1. The van der Waals surface area contributed by atoms with Crippen LogP contribution >= 0.6 is 11.3 Å². The summed E-state index contributed by atoms with van der Waals surface area (Å²) in [5, 5.41) is 10.5. The van der Waals surface area contributed by atoms with Crippen LogP contribution < -0.4 is 5.11 Å². The minimum Gasteiger partial charge on any atom is -0.545 e. The highest BCUT2D eigenvalue weighted by molar-refractivity contribution is 7.17. The van der Waals surface area contributed by atoms with Crippen LogP contribution in [0.5, 0.6) is 0 Å². The summed E-state index contributed by atoms with van der Waals surface area (Å²) < 4.78 is 0. The SMILES string of the molecule is O=Cc1ccc(-c2ccc(C(=O)[O-])cc2)s1. The fourth-order valence-electron chi connectivity index (χ4n) is 1.34. The van der Waals surface area contributed by atoms with Crippen LogP contribution in [0.4, 0.5) is 0 Å². The van der Waals surface area contributed by atoms with Crippen molar-refractivity contribution >= 4 is 23.6 Å². The quantitative estimate of drug-likeness (QED) is 0.754. The number of carboxylic acid groups (broad SMARTS) is 1. The largest absolute Gasteiger partial charge is 0.545 e. The van der Waals surface area contributed by atoms with Gasteiger partial charge in [0.05, 0.1) is 10.8 Å². The molecule has 0 fully saturated rings. The second-order valence-corrected chi connectivity index (χ2v) is 4.30. The van der Waals surface area contributed by atoms with Gasteiger partial charge in [-0.1, -0.05) is 24.3 Å². The third kappa shape index (κ3) is 2.01. The molecule has 1 heterocycles. The van der Waals surface area contributed by atoms with Gasteiger partial charge < -0.3 is 9.90 Å². The maximum Gasteiger partial charge on any atom is 0.160 e. The van der Waals surface area contributed by atoms with Crippen molar-refractivity contribution in [1.82, 2.24) is 0 Å². The first-order chi connectivity index (χ1) is 7.70. The molecule has 0 saturated heterocycles. The number of thiophene rings is 1. The Morgan fingerprint density at radius 2 is 1.81 bits per heavy atom. The second-order valence-electron chi connectivity index (χ2n) is 3.18. The lowest BCUT2D eigenvalue weighted by Crippen LogP contribution is -2.21. The Kier molecular flexibility index (Phi) is 2.83. The Morgan fingerprint density at radius 1 is 1.12 bits per heavy atom. The Labute approximate surface area is 96.0 Å². The fourth-order valence-corrected chi connectivity index (χ4v) is 2.17. The van der Waals surface area contributed by atoms with Crippen molar-refractivity contribution in [2.75, 3.05) is 0 Å². The Morgan fingerprint density at radius 3 is 2.31 bits per heavy atom. The topological polar surface area (TPSA) is 57.2 Å². The summed E-state index contributed by atoms with van der Waals surface area (Å²) in [5.74, 6) is -1.19. The zero-order chi connectivity index (χ0) is 11.5. The Hall–Kier alpha value is -1.94. The van der Waals surface area contributed by atoms with Crippen LogP contribution in [-0.4, -0.2) is 12.3 Å². The summed E-state index contributed by atoms with van der Waals surface area (Å²) in [6, 6.07) is 9.95. The van der Waals surface area contributed by atoms with E-state index in [1.165, 1.54) is 23.5 Å². The number of aromatic carboxylic acids is 1. The van der Waals surface area contributed by atoms with Crippen molar-refractivity contribution in [3.8, 4) is 10.4 Å². The molecular formula is C12H7O3S-. The first-order valence-corrected chi connectivity index (χ1v) is 5.39. The minimum atomic E-state index is -1.19. The molecule has 2 rings (SSSR count). The van der Waals surface area contributed by atoms with Gasteiger partial charge in [0.1, 0.15) is 0 Å². The standard InChI is InChI=1S/C12H8O3S/c13-7-10-5-6-11(16-10)8-1-3-9(4-2-8)12(14)15/h1-7H,(H,14,15)/p-1. The molecule has 0 aliphatic rings.